The van der Waals surface area contributed by atoms with Crippen LogP contribution in [0.1, 0.15) is 44.7 Å². The molecule has 1 unspecified atom stereocenters. The Labute approximate surface area is 213 Å². The monoisotopic (exact) mass is 533 g/mol. The van der Waals surface area contributed by atoms with Gasteiger partial charge >= 0.3 is 0 Å². The summed E-state index contributed by atoms with van der Waals surface area (Å²) < 4.78 is 6.39. The second-order valence-electron chi connectivity index (χ2n) is 8.95. The first-order valence-electron chi connectivity index (χ1n) is 12.0. The lowest BCUT2D eigenvalue weighted by atomic mass is 9.98. The first-order chi connectivity index (χ1) is 17.1. The molecule has 0 saturated carbocycles. The Balaban J connectivity index is 1.41. The first-order valence-corrected chi connectivity index (χ1v) is 12.8. The van der Waals surface area contributed by atoms with Crippen LogP contribution in [0.4, 0.5) is 11.4 Å². The molecule has 3 aromatic rings. The van der Waals surface area contributed by atoms with Gasteiger partial charge in [0.1, 0.15) is 0 Å². The van der Waals surface area contributed by atoms with E-state index in [1.165, 1.54) is 11.1 Å². The van der Waals surface area contributed by atoms with E-state index in [4.69, 9.17) is 4.74 Å². The zero-order valence-corrected chi connectivity index (χ0v) is 21.0. The fraction of sp³-hybridized carbons (Fsp3) is 0.286. The topological polar surface area (TPSA) is 70.7 Å². The molecule has 2 aliphatic heterocycles. The summed E-state index contributed by atoms with van der Waals surface area (Å²) >= 11 is 3.43. The van der Waals surface area contributed by atoms with Gasteiger partial charge in [0.2, 0.25) is 0 Å². The fourth-order valence-corrected chi connectivity index (χ4v) is 5.19. The molecule has 3 aromatic carbocycles. The Morgan fingerprint density at radius 1 is 0.971 bits per heavy atom. The number of rotatable bonds is 6. The van der Waals surface area contributed by atoms with Crippen molar-refractivity contribution < 1.29 is 14.3 Å². The van der Waals surface area contributed by atoms with E-state index in [0.29, 0.717) is 23.4 Å². The molecule has 6 nitrogen and oxygen atoms in total. The summed E-state index contributed by atoms with van der Waals surface area (Å²) in [5.74, 6) is -0.394. The van der Waals surface area contributed by atoms with Crippen molar-refractivity contribution in [1.29, 1.82) is 0 Å². The third-order valence-corrected chi connectivity index (χ3v) is 7.29. The number of amides is 2. The zero-order chi connectivity index (χ0) is 24.2. The minimum atomic E-state index is -0.233. The van der Waals surface area contributed by atoms with E-state index in [1.807, 2.05) is 30.3 Å². The van der Waals surface area contributed by atoms with E-state index in [0.717, 1.165) is 49.1 Å². The Kier molecular flexibility index (Phi) is 7.16. The number of hydrogen-bond acceptors (Lipinski definition) is 4. The Hall–Kier alpha value is -3.16. The van der Waals surface area contributed by atoms with Crippen LogP contribution in [0.15, 0.2) is 71.2 Å². The van der Waals surface area contributed by atoms with E-state index >= 15 is 0 Å². The van der Waals surface area contributed by atoms with E-state index in [-0.39, 0.29) is 17.9 Å². The van der Waals surface area contributed by atoms with Crippen molar-refractivity contribution in [3.8, 4) is 0 Å². The average molecular weight is 534 g/mol. The number of fused-ring (bicyclic) bond motifs is 1. The number of ether oxygens (including phenoxy) is 1. The van der Waals surface area contributed by atoms with E-state index in [1.54, 1.807) is 12.1 Å². The summed E-state index contributed by atoms with van der Waals surface area (Å²) in [5.41, 5.74) is 5.15. The number of carbonyl (C=O) groups excluding carboxylic acids is 2. The van der Waals surface area contributed by atoms with Gasteiger partial charge in [-0.2, -0.15) is 0 Å². The van der Waals surface area contributed by atoms with Gasteiger partial charge in [-0.3, -0.25) is 9.59 Å². The van der Waals surface area contributed by atoms with Gasteiger partial charge in [0.15, 0.2) is 0 Å². The van der Waals surface area contributed by atoms with Crippen LogP contribution in [0.2, 0.25) is 0 Å². The van der Waals surface area contributed by atoms with Crippen molar-refractivity contribution in [1.82, 2.24) is 5.32 Å². The Bertz CT molecular complexity index is 1240. The lowest BCUT2D eigenvalue weighted by molar-refractivity contribution is 0.0858. The zero-order valence-electron chi connectivity index (χ0n) is 19.4. The lowest BCUT2D eigenvalue weighted by Crippen LogP contribution is -2.35. The molecule has 2 N–H and O–H groups in total. The van der Waals surface area contributed by atoms with Crippen LogP contribution in [0.25, 0.3) is 0 Å². The largest absolute Gasteiger partial charge is 0.376 e. The fourth-order valence-electron chi connectivity index (χ4n) is 4.72. The van der Waals surface area contributed by atoms with Crippen molar-refractivity contribution in [2.45, 2.75) is 31.9 Å². The summed E-state index contributed by atoms with van der Waals surface area (Å²) in [7, 11) is 0. The van der Waals surface area contributed by atoms with Crippen molar-refractivity contribution in [2.24, 2.45) is 0 Å². The molecular weight excluding hydrogens is 506 g/mol. The molecule has 0 spiro atoms. The molecule has 35 heavy (non-hydrogen) atoms. The summed E-state index contributed by atoms with van der Waals surface area (Å²) in [6.07, 6.45) is 2.96. The molecule has 5 rings (SSSR count). The predicted octanol–water partition coefficient (Wildman–Crippen LogP) is 5.17. The number of anilines is 2. The number of carbonyl (C=O) groups is 2. The molecule has 0 radical (unpaired) electrons. The lowest BCUT2D eigenvalue weighted by Gasteiger charge is -2.32. The third kappa shape index (κ3) is 5.41. The van der Waals surface area contributed by atoms with Crippen molar-refractivity contribution >= 4 is 39.1 Å². The maximum atomic E-state index is 13.4. The summed E-state index contributed by atoms with van der Waals surface area (Å²) in [6.45, 7) is 2.79. The van der Waals surface area contributed by atoms with Crippen molar-refractivity contribution in [3.63, 3.8) is 0 Å². The average Bonchev–Trinajstić information content (AvgIpc) is 3.41. The van der Waals surface area contributed by atoms with Gasteiger partial charge in [0, 0.05) is 42.1 Å². The highest BCUT2D eigenvalue weighted by atomic mass is 79.9. The molecule has 2 heterocycles. The van der Waals surface area contributed by atoms with Crippen LogP contribution in [0.5, 0.6) is 0 Å². The van der Waals surface area contributed by atoms with Gasteiger partial charge in [0.05, 0.1) is 17.2 Å². The molecule has 1 saturated heterocycles. The number of benzene rings is 3. The van der Waals surface area contributed by atoms with E-state index in [9.17, 15) is 9.59 Å². The molecule has 0 aromatic heterocycles. The van der Waals surface area contributed by atoms with Gasteiger partial charge in [-0.25, -0.2) is 0 Å². The second kappa shape index (κ2) is 10.6. The second-order valence-corrected chi connectivity index (χ2v) is 9.81. The van der Waals surface area contributed by atoms with Crippen LogP contribution in [-0.2, 0) is 17.7 Å². The highest BCUT2D eigenvalue weighted by Crippen LogP contribution is 2.30. The van der Waals surface area contributed by atoms with E-state index in [2.05, 4.69) is 55.7 Å². The van der Waals surface area contributed by atoms with Crippen LogP contribution < -0.4 is 15.5 Å². The van der Waals surface area contributed by atoms with Gasteiger partial charge in [-0.05, 0) is 76.7 Å². The molecule has 1 atom stereocenters. The normalized spacial score (nSPS) is 17.1. The molecule has 2 amide bonds. The van der Waals surface area contributed by atoms with Gasteiger partial charge < -0.3 is 20.3 Å². The summed E-state index contributed by atoms with van der Waals surface area (Å²) in [6, 6.07) is 21.3. The predicted molar refractivity (Wildman–Crippen MR) is 141 cm³/mol. The van der Waals surface area contributed by atoms with E-state index < -0.39 is 0 Å². The standard InChI is InChI=1S/C28H28BrN3O3/c29-25-10-4-3-9-23(25)28(34)31-21-11-12-26(32-14-13-19-6-1-2-7-20(19)18-32)24(16-21)27(33)30-17-22-8-5-15-35-22/h1-4,6-7,9-12,16,22H,5,8,13-15,17-18H2,(H,30,33)(H,31,34). The van der Waals surface area contributed by atoms with Crippen LogP contribution >= 0.6 is 15.9 Å². The molecule has 0 aliphatic carbocycles. The van der Waals surface area contributed by atoms with Gasteiger partial charge in [0.25, 0.3) is 11.8 Å². The van der Waals surface area contributed by atoms with Crippen LogP contribution in [0, 0.1) is 0 Å². The number of nitrogens with one attached hydrogen (secondary N) is 2. The highest BCUT2D eigenvalue weighted by molar-refractivity contribution is 9.10. The van der Waals surface area contributed by atoms with Crippen LogP contribution in [0.3, 0.4) is 0 Å². The highest BCUT2D eigenvalue weighted by Gasteiger charge is 2.23. The van der Waals surface area contributed by atoms with Crippen molar-refractivity contribution in [2.75, 3.05) is 29.9 Å². The molecule has 180 valence electrons. The number of halogens is 1. The first kappa shape index (κ1) is 23.6. The number of hydrogen-bond donors (Lipinski definition) is 2. The smallest absolute Gasteiger partial charge is 0.256 e. The summed E-state index contributed by atoms with van der Waals surface area (Å²) in [5, 5.41) is 6.00. The molecule has 1 fully saturated rings. The van der Waals surface area contributed by atoms with Gasteiger partial charge in [-0.15, -0.1) is 0 Å². The molecule has 7 heteroatoms. The minimum Gasteiger partial charge on any atom is -0.376 e. The van der Waals surface area contributed by atoms with Crippen LogP contribution in [-0.4, -0.2) is 37.6 Å². The maximum absolute atomic E-state index is 13.4. The Morgan fingerprint density at radius 3 is 2.57 bits per heavy atom. The molecular formula is C28H28BrN3O3. The minimum absolute atomic E-state index is 0.0579. The molecule has 0 bridgehead atoms. The SMILES string of the molecule is O=C(Nc1ccc(N2CCc3ccccc3C2)c(C(=O)NCC2CCCO2)c1)c1ccccc1Br. The Morgan fingerprint density at radius 2 is 1.77 bits per heavy atom. The maximum Gasteiger partial charge on any atom is 0.256 e. The third-order valence-electron chi connectivity index (χ3n) is 6.60. The molecule has 2 aliphatic rings. The summed E-state index contributed by atoms with van der Waals surface area (Å²) in [4.78, 5) is 28.5. The van der Waals surface area contributed by atoms with Gasteiger partial charge in [-0.1, -0.05) is 36.4 Å². The van der Waals surface area contributed by atoms with Crippen molar-refractivity contribution in [3.05, 3.63) is 93.5 Å². The number of nitrogens with zero attached hydrogens (tertiary/aromatic N) is 1. The quantitative estimate of drug-likeness (QED) is 0.458.